The number of hydrogen-bond donors (Lipinski definition) is 2. The number of benzene rings is 2. The molecule has 0 saturated carbocycles. The maximum atomic E-state index is 12.7. The van der Waals surface area contributed by atoms with Crippen LogP contribution in [-0.4, -0.2) is 21.6 Å². The van der Waals surface area contributed by atoms with Crippen molar-refractivity contribution in [2.75, 3.05) is 0 Å². The van der Waals surface area contributed by atoms with Crippen LogP contribution in [0, 0.1) is 0 Å². The van der Waals surface area contributed by atoms with Crippen LogP contribution in [0.1, 0.15) is 34.4 Å². The maximum Gasteiger partial charge on any atom is 0.305 e. The molecule has 156 valence electrons. The number of hydrazine groups is 1. The standard InChI is InChI=1S/C22H18N4O5/c1-2-11-26-22(30)14-8-4-3-7-13(14)19(25-26)21(29)24-23-20(28)18-12-16(27)15-9-5-6-10-17(15)31-18/h3-10,12H,2,11H2,1H3,(H,23,28)(H,24,29). The number of amides is 2. The molecule has 0 aliphatic carbocycles. The van der Waals surface area contributed by atoms with Crippen LogP contribution in [0.5, 0.6) is 0 Å². The van der Waals surface area contributed by atoms with Gasteiger partial charge >= 0.3 is 5.91 Å². The zero-order valence-corrected chi connectivity index (χ0v) is 16.5. The summed E-state index contributed by atoms with van der Waals surface area (Å²) in [7, 11) is 0. The molecule has 2 amide bonds. The Labute approximate surface area is 175 Å². The number of carbonyl (C=O) groups is 2. The first-order valence-corrected chi connectivity index (χ1v) is 9.63. The number of aryl methyl sites for hydroxylation is 1. The highest BCUT2D eigenvalue weighted by Crippen LogP contribution is 2.14. The molecule has 0 bridgehead atoms. The molecule has 31 heavy (non-hydrogen) atoms. The molecule has 0 atom stereocenters. The Hall–Kier alpha value is -4.27. The Morgan fingerprint density at radius 3 is 2.32 bits per heavy atom. The number of aromatic nitrogens is 2. The first-order chi connectivity index (χ1) is 15.0. The molecule has 2 aromatic carbocycles. The van der Waals surface area contributed by atoms with Gasteiger partial charge in [0, 0.05) is 18.0 Å². The molecule has 0 spiro atoms. The molecule has 0 aliphatic heterocycles. The van der Waals surface area contributed by atoms with Gasteiger partial charge in [-0.2, -0.15) is 5.10 Å². The van der Waals surface area contributed by atoms with Crippen LogP contribution >= 0.6 is 0 Å². The molecule has 4 rings (SSSR count). The lowest BCUT2D eigenvalue weighted by Crippen LogP contribution is -2.43. The predicted octanol–water partition coefficient (Wildman–Crippen LogP) is 1.99. The summed E-state index contributed by atoms with van der Waals surface area (Å²) in [5.74, 6) is -1.77. The molecular formula is C22H18N4O5. The van der Waals surface area contributed by atoms with Gasteiger partial charge in [-0.05, 0) is 24.6 Å². The molecule has 2 N–H and O–H groups in total. The first kappa shape index (κ1) is 20.0. The smallest absolute Gasteiger partial charge is 0.305 e. The summed E-state index contributed by atoms with van der Waals surface area (Å²) in [5, 5.41) is 5.22. The minimum Gasteiger partial charge on any atom is -0.451 e. The van der Waals surface area contributed by atoms with E-state index in [1.165, 1.54) is 4.68 Å². The minimum absolute atomic E-state index is 0.0103. The lowest BCUT2D eigenvalue weighted by atomic mass is 10.1. The summed E-state index contributed by atoms with van der Waals surface area (Å²) in [6, 6.07) is 14.2. The highest BCUT2D eigenvalue weighted by molar-refractivity contribution is 6.05. The van der Waals surface area contributed by atoms with Crippen LogP contribution in [0.15, 0.2) is 68.6 Å². The number of carbonyl (C=O) groups excluding carboxylic acids is 2. The van der Waals surface area contributed by atoms with E-state index in [2.05, 4.69) is 16.0 Å². The highest BCUT2D eigenvalue weighted by atomic mass is 16.3. The second-order valence-corrected chi connectivity index (χ2v) is 6.80. The number of para-hydroxylation sites is 1. The Morgan fingerprint density at radius 1 is 0.935 bits per heavy atom. The topological polar surface area (TPSA) is 123 Å². The average Bonchev–Trinajstić information content (AvgIpc) is 2.79. The van der Waals surface area contributed by atoms with Crippen LogP contribution < -0.4 is 21.8 Å². The fourth-order valence-electron chi connectivity index (χ4n) is 3.22. The Morgan fingerprint density at radius 2 is 1.58 bits per heavy atom. The van der Waals surface area contributed by atoms with E-state index in [9.17, 15) is 19.2 Å². The average molecular weight is 418 g/mol. The van der Waals surface area contributed by atoms with E-state index in [0.717, 1.165) is 6.07 Å². The molecule has 2 aromatic heterocycles. The lowest BCUT2D eigenvalue weighted by molar-refractivity contribution is 0.0828. The van der Waals surface area contributed by atoms with Crippen molar-refractivity contribution < 1.29 is 14.0 Å². The normalized spacial score (nSPS) is 10.9. The number of fused-ring (bicyclic) bond motifs is 2. The van der Waals surface area contributed by atoms with Crippen molar-refractivity contribution in [1.29, 1.82) is 0 Å². The van der Waals surface area contributed by atoms with Crippen molar-refractivity contribution in [3.8, 4) is 0 Å². The fourth-order valence-corrected chi connectivity index (χ4v) is 3.22. The van der Waals surface area contributed by atoms with E-state index in [4.69, 9.17) is 4.42 Å². The van der Waals surface area contributed by atoms with Crippen molar-refractivity contribution in [3.63, 3.8) is 0 Å². The molecule has 9 nitrogen and oxygen atoms in total. The van der Waals surface area contributed by atoms with Gasteiger partial charge in [-0.25, -0.2) is 4.68 Å². The van der Waals surface area contributed by atoms with E-state index in [-0.39, 0.29) is 28.0 Å². The Bertz CT molecular complexity index is 1440. The number of nitrogens with zero attached hydrogens (tertiary/aromatic N) is 2. The van der Waals surface area contributed by atoms with E-state index < -0.39 is 11.8 Å². The van der Waals surface area contributed by atoms with Crippen molar-refractivity contribution in [2.45, 2.75) is 19.9 Å². The van der Waals surface area contributed by atoms with E-state index in [1.54, 1.807) is 48.5 Å². The zero-order valence-electron chi connectivity index (χ0n) is 16.5. The Balaban J connectivity index is 1.61. The molecule has 2 heterocycles. The van der Waals surface area contributed by atoms with Gasteiger partial charge in [0.1, 0.15) is 5.58 Å². The second kappa shape index (κ2) is 8.23. The third-order valence-electron chi connectivity index (χ3n) is 4.67. The Kier molecular flexibility index (Phi) is 5.31. The molecule has 0 aliphatic rings. The van der Waals surface area contributed by atoms with Gasteiger partial charge in [0.05, 0.1) is 10.8 Å². The summed E-state index contributed by atoms with van der Waals surface area (Å²) in [6.07, 6.45) is 0.657. The van der Waals surface area contributed by atoms with Gasteiger partial charge in [-0.15, -0.1) is 0 Å². The summed E-state index contributed by atoms with van der Waals surface area (Å²) >= 11 is 0. The van der Waals surface area contributed by atoms with Crippen molar-refractivity contribution in [1.82, 2.24) is 20.6 Å². The van der Waals surface area contributed by atoms with Crippen LogP contribution in [0.2, 0.25) is 0 Å². The summed E-state index contributed by atoms with van der Waals surface area (Å²) in [5.41, 5.74) is 4.06. The highest BCUT2D eigenvalue weighted by Gasteiger charge is 2.18. The molecule has 0 saturated heterocycles. The van der Waals surface area contributed by atoms with Gasteiger partial charge in [-0.3, -0.25) is 30.0 Å². The number of rotatable bonds is 4. The third-order valence-corrected chi connectivity index (χ3v) is 4.67. The summed E-state index contributed by atoms with van der Waals surface area (Å²) < 4.78 is 6.68. The lowest BCUT2D eigenvalue weighted by Gasteiger charge is -2.11. The van der Waals surface area contributed by atoms with Crippen LogP contribution in [0.25, 0.3) is 21.7 Å². The fraction of sp³-hybridized carbons (Fsp3) is 0.136. The summed E-state index contributed by atoms with van der Waals surface area (Å²) in [6.45, 7) is 2.24. The third kappa shape index (κ3) is 3.80. The number of hydrogen-bond acceptors (Lipinski definition) is 6. The van der Waals surface area contributed by atoms with Crippen molar-refractivity contribution >= 4 is 33.6 Å². The van der Waals surface area contributed by atoms with Crippen molar-refractivity contribution in [3.05, 3.63) is 86.6 Å². The van der Waals surface area contributed by atoms with Crippen LogP contribution in [0.3, 0.4) is 0 Å². The molecule has 9 heteroatoms. The van der Waals surface area contributed by atoms with Crippen LogP contribution in [-0.2, 0) is 6.54 Å². The van der Waals surface area contributed by atoms with E-state index in [0.29, 0.717) is 29.1 Å². The SMILES string of the molecule is CCCn1nc(C(=O)NNC(=O)c2cc(=O)c3ccccc3o2)c2ccccc2c1=O. The largest absolute Gasteiger partial charge is 0.451 e. The monoisotopic (exact) mass is 418 g/mol. The molecule has 0 unspecified atom stereocenters. The van der Waals surface area contributed by atoms with Crippen LogP contribution in [0.4, 0.5) is 0 Å². The van der Waals surface area contributed by atoms with E-state index >= 15 is 0 Å². The summed E-state index contributed by atoms with van der Waals surface area (Å²) in [4.78, 5) is 49.9. The second-order valence-electron chi connectivity index (χ2n) is 6.80. The predicted molar refractivity (Wildman–Crippen MR) is 114 cm³/mol. The molecule has 0 fully saturated rings. The zero-order chi connectivity index (χ0) is 22.0. The van der Waals surface area contributed by atoms with Gasteiger partial charge in [-0.1, -0.05) is 37.3 Å². The van der Waals surface area contributed by atoms with Gasteiger partial charge in [0.25, 0.3) is 11.5 Å². The number of nitrogens with one attached hydrogen (secondary N) is 2. The van der Waals surface area contributed by atoms with E-state index in [1.807, 2.05) is 6.92 Å². The van der Waals surface area contributed by atoms with Crippen molar-refractivity contribution in [2.24, 2.45) is 0 Å². The van der Waals surface area contributed by atoms with Gasteiger partial charge < -0.3 is 4.42 Å². The quantitative estimate of drug-likeness (QED) is 0.489. The minimum atomic E-state index is -0.803. The molecule has 0 radical (unpaired) electrons. The molecule has 4 aromatic rings. The maximum absolute atomic E-state index is 12.7. The van der Waals surface area contributed by atoms with Gasteiger partial charge in [0.15, 0.2) is 16.9 Å². The van der Waals surface area contributed by atoms with Gasteiger partial charge in [0.2, 0.25) is 0 Å². The first-order valence-electron chi connectivity index (χ1n) is 9.63. The molecular weight excluding hydrogens is 400 g/mol.